The molecule has 0 radical (unpaired) electrons. The van der Waals surface area contributed by atoms with Crippen molar-refractivity contribution in [1.82, 2.24) is 0 Å². The molecule has 2 aliphatic rings. The van der Waals surface area contributed by atoms with Gasteiger partial charge in [0.2, 0.25) is 8.32 Å². The van der Waals surface area contributed by atoms with E-state index in [9.17, 15) is 4.79 Å². The molecule has 1 saturated heterocycles. The van der Waals surface area contributed by atoms with Gasteiger partial charge in [-0.3, -0.25) is 4.79 Å². The standard InChI is InChI=1S/C30H60O5Si3/c1-21(2)38(22(3)4,23(5)6)34-27-24(7)18-26(20-33-37(14,15)29(8,9)10)30(35-36(11,12)13)25(16-17-31)19-32-28(27)30/h16-17,21-24,26-28H,18-20H2,1-15H3/b25-16+/t24-,26-,27-,28+,30+/m0/s1. The summed E-state index contributed by atoms with van der Waals surface area (Å²) in [5, 5.41) is 0.121. The minimum atomic E-state index is -2.18. The van der Waals surface area contributed by atoms with Crippen molar-refractivity contribution in [3.05, 3.63) is 11.6 Å². The Morgan fingerprint density at radius 3 is 1.95 bits per heavy atom. The van der Waals surface area contributed by atoms with Crippen molar-refractivity contribution in [3.8, 4) is 0 Å². The fraction of sp³-hybridized carbons (Fsp3) is 0.900. The van der Waals surface area contributed by atoms with Crippen LogP contribution in [0.2, 0.25) is 54.4 Å². The first-order valence-corrected chi connectivity index (χ1v) is 23.4. The summed E-state index contributed by atoms with van der Waals surface area (Å²) in [4.78, 5) is 11.9. The lowest BCUT2D eigenvalue weighted by Gasteiger charge is -2.56. The molecule has 1 saturated carbocycles. The van der Waals surface area contributed by atoms with Crippen molar-refractivity contribution in [2.45, 2.75) is 148 Å². The first-order valence-electron chi connectivity index (χ1n) is 15.0. The Bertz CT molecular complexity index is 818. The summed E-state index contributed by atoms with van der Waals surface area (Å²) >= 11 is 0. The van der Waals surface area contributed by atoms with E-state index in [1.165, 1.54) is 0 Å². The van der Waals surface area contributed by atoms with E-state index in [-0.39, 0.29) is 23.2 Å². The molecule has 0 spiro atoms. The molecule has 5 nitrogen and oxygen atoms in total. The lowest BCUT2D eigenvalue weighted by atomic mass is 9.66. The average Bonchev–Trinajstić information content (AvgIpc) is 3.07. The summed E-state index contributed by atoms with van der Waals surface area (Å²) in [6.45, 7) is 35.6. The summed E-state index contributed by atoms with van der Waals surface area (Å²) in [5.74, 6) is 0.398. The molecule has 2 fully saturated rings. The Labute approximate surface area is 238 Å². The molecule has 0 N–H and O–H groups in total. The van der Waals surface area contributed by atoms with Crippen LogP contribution in [0.1, 0.15) is 75.7 Å². The minimum absolute atomic E-state index is 0.0770. The summed E-state index contributed by atoms with van der Waals surface area (Å²) < 4.78 is 28.3. The van der Waals surface area contributed by atoms with Crippen LogP contribution in [0.15, 0.2) is 11.6 Å². The van der Waals surface area contributed by atoms with Crippen molar-refractivity contribution in [1.29, 1.82) is 0 Å². The van der Waals surface area contributed by atoms with Gasteiger partial charge in [-0.05, 0) is 78.4 Å². The number of hydrogen-bond donors (Lipinski definition) is 0. The highest BCUT2D eigenvalue weighted by molar-refractivity contribution is 6.77. The fourth-order valence-electron chi connectivity index (χ4n) is 7.00. The van der Waals surface area contributed by atoms with Gasteiger partial charge in [0.25, 0.3) is 0 Å². The van der Waals surface area contributed by atoms with Gasteiger partial charge in [0, 0.05) is 12.5 Å². The molecule has 0 aromatic heterocycles. The molecule has 1 heterocycles. The predicted molar refractivity (Wildman–Crippen MR) is 167 cm³/mol. The van der Waals surface area contributed by atoms with E-state index in [4.69, 9.17) is 18.0 Å². The normalized spacial score (nSPS) is 30.5. The molecule has 0 aromatic rings. The largest absolute Gasteiger partial charge is 0.416 e. The molecule has 0 amide bonds. The Morgan fingerprint density at radius 2 is 1.53 bits per heavy atom. The van der Waals surface area contributed by atoms with Crippen LogP contribution in [-0.4, -0.2) is 62.3 Å². The maximum Gasteiger partial charge on any atom is 0.200 e. The highest BCUT2D eigenvalue weighted by Crippen LogP contribution is 2.55. The zero-order valence-electron chi connectivity index (χ0n) is 27.4. The number of ether oxygens (including phenoxy) is 1. The van der Waals surface area contributed by atoms with Crippen LogP contribution in [0.4, 0.5) is 0 Å². The van der Waals surface area contributed by atoms with Gasteiger partial charge in [-0.25, -0.2) is 0 Å². The first-order chi connectivity index (χ1) is 17.2. The maximum atomic E-state index is 11.9. The van der Waals surface area contributed by atoms with E-state index >= 15 is 0 Å². The van der Waals surface area contributed by atoms with Crippen molar-refractivity contribution in [3.63, 3.8) is 0 Å². The molecule has 2 rings (SSSR count). The van der Waals surface area contributed by atoms with E-state index in [1.807, 2.05) is 0 Å². The van der Waals surface area contributed by atoms with Crippen LogP contribution in [-0.2, 0) is 22.8 Å². The SMILES string of the molecule is CC(C)[Si](O[C@@H]1[C@H]2OC/C(=C\C=O)[C@@]2(O[Si](C)(C)C)[C@H](CO[Si](C)(C)C(C)(C)C)C[C@@H]1C)(C(C)C)C(C)C. The van der Waals surface area contributed by atoms with E-state index in [1.54, 1.807) is 6.08 Å². The van der Waals surface area contributed by atoms with E-state index in [2.05, 4.69) is 102 Å². The summed E-state index contributed by atoms with van der Waals surface area (Å²) in [6, 6.07) is 0. The minimum Gasteiger partial charge on any atom is -0.416 e. The third kappa shape index (κ3) is 6.52. The molecular weight excluding hydrogens is 525 g/mol. The molecule has 8 heteroatoms. The van der Waals surface area contributed by atoms with Crippen LogP contribution < -0.4 is 0 Å². The molecule has 5 atom stereocenters. The number of carbonyl (C=O) groups is 1. The molecular formula is C30H60O5Si3. The molecule has 1 aliphatic carbocycles. The second-order valence-electron chi connectivity index (χ2n) is 15.4. The monoisotopic (exact) mass is 584 g/mol. The van der Waals surface area contributed by atoms with Crippen LogP contribution in [0.25, 0.3) is 0 Å². The summed E-state index contributed by atoms with van der Waals surface area (Å²) in [7, 11) is -6.23. The Hall–Kier alpha value is -0.0994. The van der Waals surface area contributed by atoms with E-state index in [0.717, 1.165) is 18.3 Å². The second-order valence-corrected chi connectivity index (χ2v) is 30.1. The molecule has 1 aliphatic heterocycles. The average molecular weight is 585 g/mol. The smallest absolute Gasteiger partial charge is 0.200 e. The van der Waals surface area contributed by atoms with Crippen LogP contribution in [0.5, 0.6) is 0 Å². The van der Waals surface area contributed by atoms with Crippen molar-refractivity contribution in [2.75, 3.05) is 13.2 Å². The van der Waals surface area contributed by atoms with Crippen LogP contribution >= 0.6 is 0 Å². The maximum absolute atomic E-state index is 11.9. The zero-order chi connectivity index (χ0) is 29.5. The molecule has 222 valence electrons. The number of allylic oxidation sites excluding steroid dienone is 1. The number of fused-ring (bicyclic) bond motifs is 1. The Balaban J connectivity index is 2.68. The Kier molecular flexibility index (Phi) is 10.8. The summed E-state index contributed by atoms with van der Waals surface area (Å²) in [5.41, 5.74) is 1.71. The third-order valence-electron chi connectivity index (χ3n) is 9.71. The van der Waals surface area contributed by atoms with Gasteiger partial charge >= 0.3 is 0 Å². The third-order valence-corrected chi connectivity index (χ3v) is 21.3. The van der Waals surface area contributed by atoms with Gasteiger partial charge in [0.05, 0.1) is 12.7 Å². The number of aldehydes is 1. The zero-order valence-corrected chi connectivity index (χ0v) is 30.4. The second kappa shape index (κ2) is 12.0. The highest BCUT2D eigenvalue weighted by atomic mass is 28.4. The van der Waals surface area contributed by atoms with Gasteiger partial charge in [-0.15, -0.1) is 0 Å². The van der Waals surface area contributed by atoms with Gasteiger partial charge in [-0.1, -0.05) is 69.2 Å². The molecule has 0 unspecified atom stereocenters. The summed E-state index contributed by atoms with van der Waals surface area (Å²) in [6.07, 6.45) is 3.22. The predicted octanol–water partition coefficient (Wildman–Crippen LogP) is 8.34. The Morgan fingerprint density at radius 1 is 1.00 bits per heavy atom. The van der Waals surface area contributed by atoms with Crippen LogP contribution in [0, 0.1) is 11.8 Å². The van der Waals surface area contributed by atoms with Crippen molar-refractivity contribution in [2.24, 2.45) is 11.8 Å². The van der Waals surface area contributed by atoms with Gasteiger partial charge in [0.15, 0.2) is 16.6 Å². The van der Waals surface area contributed by atoms with E-state index in [0.29, 0.717) is 35.8 Å². The number of rotatable bonds is 11. The van der Waals surface area contributed by atoms with Gasteiger partial charge in [-0.2, -0.15) is 0 Å². The lowest BCUT2D eigenvalue weighted by molar-refractivity contribution is -0.155. The molecule has 0 bridgehead atoms. The molecule has 0 aromatic carbocycles. The molecule has 38 heavy (non-hydrogen) atoms. The lowest BCUT2D eigenvalue weighted by Crippen LogP contribution is -2.66. The van der Waals surface area contributed by atoms with Gasteiger partial charge in [0.1, 0.15) is 18.0 Å². The van der Waals surface area contributed by atoms with Crippen molar-refractivity contribution >= 4 is 31.2 Å². The number of carbonyl (C=O) groups excluding carboxylic acids is 1. The number of hydrogen-bond acceptors (Lipinski definition) is 5. The van der Waals surface area contributed by atoms with Gasteiger partial charge < -0.3 is 18.0 Å². The van der Waals surface area contributed by atoms with E-state index < -0.39 is 30.6 Å². The first kappa shape index (κ1) is 34.1. The van der Waals surface area contributed by atoms with Crippen molar-refractivity contribution < 1.29 is 22.8 Å². The fourth-order valence-corrected chi connectivity index (χ4v) is 15.1. The van der Waals surface area contributed by atoms with Crippen LogP contribution in [0.3, 0.4) is 0 Å². The quantitative estimate of drug-likeness (QED) is 0.139. The topological polar surface area (TPSA) is 54.0 Å². The highest BCUT2D eigenvalue weighted by Gasteiger charge is 2.64.